The molecule has 0 amide bonds. The Morgan fingerprint density at radius 2 is 1.81 bits per heavy atom. The second kappa shape index (κ2) is 6.50. The molecule has 1 heterocycles. The summed E-state index contributed by atoms with van der Waals surface area (Å²) in [5.74, 6) is -0.525. The van der Waals surface area contributed by atoms with Crippen molar-refractivity contribution in [1.29, 1.82) is 0 Å². The number of fused-ring (bicyclic) bond motifs is 1. The number of rotatable bonds is 3. The van der Waals surface area contributed by atoms with Gasteiger partial charge in [0.05, 0.1) is 11.3 Å². The summed E-state index contributed by atoms with van der Waals surface area (Å²) in [7, 11) is -4.28. The molecule has 3 nitrogen and oxygen atoms in total. The molecule has 0 atom stereocenters. The second-order valence-corrected chi connectivity index (χ2v) is 9.29. The van der Waals surface area contributed by atoms with Gasteiger partial charge < -0.3 is 0 Å². The number of hydrogen-bond donors (Lipinski definition) is 1. The number of aryl methyl sites for hydroxylation is 1. The monoisotopic (exact) mass is 467 g/mol. The molecule has 0 bridgehead atoms. The van der Waals surface area contributed by atoms with Gasteiger partial charge in [0.15, 0.2) is 0 Å². The van der Waals surface area contributed by atoms with Crippen molar-refractivity contribution in [2.45, 2.75) is 17.3 Å². The number of sulfonamides is 1. The molecule has 0 aliphatic carbocycles. The van der Waals surface area contributed by atoms with E-state index in [0.29, 0.717) is 10.1 Å². The Bertz CT molecular complexity index is 1110. The molecule has 1 aromatic heterocycles. The number of thiophene rings is 1. The van der Waals surface area contributed by atoms with Gasteiger partial charge in [0.1, 0.15) is 10.0 Å². The van der Waals surface area contributed by atoms with Crippen LogP contribution in [0.3, 0.4) is 0 Å². The van der Waals surface area contributed by atoms with Gasteiger partial charge in [0.25, 0.3) is 10.0 Å². The lowest BCUT2D eigenvalue weighted by molar-refractivity contribution is -0.136. The average molecular weight is 468 g/mol. The summed E-state index contributed by atoms with van der Waals surface area (Å²) in [4.78, 5) is 0. The molecule has 10 heteroatoms. The van der Waals surface area contributed by atoms with E-state index in [9.17, 15) is 26.0 Å². The van der Waals surface area contributed by atoms with Crippen molar-refractivity contribution in [2.75, 3.05) is 4.72 Å². The van der Waals surface area contributed by atoms with E-state index >= 15 is 0 Å². The summed E-state index contributed by atoms with van der Waals surface area (Å²) in [6.45, 7) is 1.49. The third-order valence-corrected chi connectivity index (χ3v) is 7.38. The molecule has 1 N–H and O–H groups in total. The van der Waals surface area contributed by atoms with Gasteiger partial charge in [-0.2, -0.15) is 13.2 Å². The van der Waals surface area contributed by atoms with Crippen LogP contribution in [0.4, 0.5) is 23.2 Å². The molecule has 0 aliphatic heterocycles. The highest BCUT2D eigenvalue weighted by Crippen LogP contribution is 2.39. The Labute approximate surface area is 158 Å². The van der Waals surface area contributed by atoms with Crippen LogP contribution < -0.4 is 4.72 Å². The van der Waals surface area contributed by atoms with Crippen LogP contribution in [-0.4, -0.2) is 8.42 Å². The third kappa shape index (κ3) is 3.58. The Kier molecular flexibility index (Phi) is 4.78. The Morgan fingerprint density at radius 1 is 1.12 bits per heavy atom. The number of anilines is 1. The summed E-state index contributed by atoms with van der Waals surface area (Å²) >= 11 is 3.81. The Morgan fingerprint density at radius 3 is 2.46 bits per heavy atom. The predicted octanol–water partition coefficient (Wildman–Crippen LogP) is 5.93. The van der Waals surface area contributed by atoms with Crippen LogP contribution in [0.2, 0.25) is 0 Å². The topological polar surface area (TPSA) is 46.2 Å². The van der Waals surface area contributed by atoms with Crippen LogP contribution in [0.25, 0.3) is 10.1 Å². The summed E-state index contributed by atoms with van der Waals surface area (Å²) in [6.07, 6.45) is -4.74. The standard InChI is InChI=1S/C16H10BrF4NO2S2/c1-8-11-7-10(18)3-5-14(11)25-15(8)26(23,24)22-13-4-2-9(17)6-12(13)16(19,20)21/h2-7,22H,1H3. The number of benzene rings is 2. The lowest BCUT2D eigenvalue weighted by atomic mass is 10.2. The van der Waals surface area contributed by atoms with E-state index in [1.165, 1.54) is 31.2 Å². The summed E-state index contributed by atoms with van der Waals surface area (Å²) in [6, 6.07) is 6.96. The van der Waals surface area contributed by atoms with E-state index in [0.717, 1.165) is 23.5 Å². The molecule has 3 aromatic rings. The van der Waals surface area contributed by atoms with Gasteiger partial charge in [-0.3, -0.25) is 4.72 Å². The highest BCUT2D eigenvalue weighted by Gasteiger charge is 2.35. The maximum Gasteiger partial charge on any atom is 0.418 e. The minimum Gasteiger partial charge on any atom is -0.278 e. The van der Waals surface area contributed by atoms with Gasteiger partial charge in [-0.1, -0.05) is 15.9 Å². The first-order valence-corrected chi connectivity index (χ1v) is 10.2. The molecule has 0 unspecified atom stereocenters. The highest BCUT2D eigenvalue weighted by molar-refractivity contribution is 9.10. The molecule has 0 fully saturated rings. The van der Waals surface area contributed by atoms with Gasteiger partial charge in [-0.15, -0.1) is 11.3 Å². The zero-order chi connectivity index (χ0) is 19.3. The van der Waals surface area contributed by atoms with Crippen molar-refractivity contribution in [3.8, 4) is 0 Å². The Hall–Kier alpha value is -1.65. The van der Waals surface area contributed by atoms with Gasteiger partial charge in [-0.05, 0) is 54.3 Å². The van der Waals surface area contributed by atoms with Crippen molar-refractivity contribution in [1.82, 2.24) is 0 Å². The first-order valence-electron chi connectivity index (χ1n) is 7.07. The fourth-order valence-corrected chi connectivity index (χ4v) is 5.65. The van der Waals surface area contributed by atoms with E-state index in [-0.39, 0.29) is 14.2 Å². The SMILES string of the molecule is Cc1c(S(=O)(=O)Nc2ccc(Br)cc2C(F)(F)F)sc2ccc(F)cc12. The van der Waals surface area contributed by atoms with E-state index in [2.05, 4.69) is 15.9 Å². The lowest BCUT2D eigenvalue weighted by Crippen LogP contribution is -2.17. The molecule has 26 heavy (non-hydrogen) atoms. The van der Waals surface area contributed by atoms with Gasteiger partial charge >= 0.3 is 6.18 Å². The van der Waals surface area contributed by atoms with Crippen molar-refractivity contribution in [3.63, 3.8) is 0 Å². The molecule has 0 spiro atoms. The minimum absolute atomic E-state index is 0.158. The van der Waals surface area contributed by atoms with E-state index < -0.39 is 33.3 Å². The first kappa shape index (κ1) is 19.1. The van der Waals surface area contributed by atoms with Crippen molar-refractivity contribution < 1.29 is 26.0 Å². The number of halogens is 5. The number of alkyl halides is 3. The zero-order valence-corrected chi connectivity index (χ0v) is 16.2. The van der Waals surface area contributed by atoms with Gasteiger partial charge in [-0.25, -0.2) is 12.8 Å². The van der Waals surface area contributed by atoms with Crippen LogP contribution in [0.1, 0.15) is 11.1 Å². The molecular weight excluding hydrogens is 458 g/mol. The molecular formula is C16H10BrF4NO2S2. The average Bonchev–Trinajstić information content (AvgIpc) is 2.85. The molecule has 138 valence electrons. The van der Waals surface area contributed by atoms with Crippen LogP contribution in [0, 0.1) is 12.7 Å². The van der Waals surface area contributed by atoms with Gasteiger partial charge in [0, 0.05) is 9.17 Å². The van der Waals surface area contributed by atoms with Crippen molar-refractivity contribution in [3.05, 3.63) is 57.8 Å². The summed E-state index contributed by atoms with van der Waals surface area (Å²) in [5, 5.41) is 0.405. The van der Waals surface area contributed by atoms with Crippen LogP contribution in [0.5, 0.6) is 0 Å². The maximum absolute atomic E-state index is 13.4. The van der Waals surface area contributed by atoms with Crippen molar-refractivity contribution >= 4 is 53.1 Å². The third-order valence-electron chi connectivity index (χ3n) is 3.63. The quantitative estimate of drug-likeness (QED) is 0.485. The molecule has 0 saturated carbocycles. The smallest absolute Gasteiger partial charge is 0.278 e. The normalized spacial score (nSPS) is 12.5. The summed E-state index contributed by atoms with van der Waals surface area (Å²) in [5.41, 5.74) is -1.41. The fraction of sp³-hybridized carbons (Fsp3) is 0.125. The largest absolute Gasteiger partial charge is 0.418 e. The van der Waals surface area contributed by atoms with Crippen LogP contribution in [0.15, 0.2) is 45.1 Å². The zero-order valence-electron chi connectivity index (χ0n) is 13.0. The second-order valence-electron chi connectivity index (χ2n) is 5.45. The van der Waals surface area contributed by atoms with Crippen LogP contribution in [-0.2, 0) is 16.2 Å². The maximum atomic E-state index is 13.4. The van der Waals surface area contributed by atoms with Gasteiger partial charge in [0.2, 0.25) is 0 Å². The molecule has 0 aliphatic rings. The minimum atomic E-state index is -4.74. The fourth-order valence-electron chi connectivity index (χ4n) is 2.46. The van der Waals surface area contributed by atoms with Crippen molar-refractivity contribution in [2.24, 2.45) is 0 Å². The van der Waals surface area contributed by atoms with E-state index in [4.69, 9.17) is 0 Å². The predicted molar refractivity (Wildman–Crippen MR) is 96.5 cm³/mol. The first-order chi connectivity index (χ1) is 12.0. The summed E-state index contributed by atoms with van der Waals surface area (Å²) < 4.78 is 80.9. The van der Waals surface area contributed by atoms with E-state index in [1.54, 1.807) is 0 Å². The molecule has 0 saturated heterocycles. The lowest BCUT2D eigenvalue weighted by Gasteiger charge is -2.15. The Balaban J connectivity index is 2.10. The van der Waals surface area contributed by atoms with Crippen LogP contribution >= 0.6 is 27.3 Å². The highest BCUT2D eigenvalue weighted by atomic mass is 79.9. The number of nitrogens with one attached hydrogen (secondary N) is 1. The molecule has 2 aromatic carbocycles. The number of hydrogen-bond acceptors (Lipinski definition) is 3. The molecule has 0 radical (unpaired) electrons. The van der Waals surface area contributed by atoms with E-state index in [1.807, 2.05) is 4.72 Å². The molecule has 3 rings (SSSR count).